The first kappa shape index (κ1) is 18.6. The maximum Gasteiger partial charge on any atom is 0.249 e. The Morgan fingerprint density at radius 1 is 1.00 bits per heavy atom. The second-order valence-electron chi connectivity index (χ2n) is 4.48. The molecule has 0 saturated carbocycles. The van der Waals surface area contributed by atoms with Crippen LogP contribution >= 0.6 is 0 Å². The van der Waals surface area contributed by atoms with Crippen molar-refractivity contribution in [1.29, 1.82) is 0 Å². The van der Waals surface area contributed by atoms with Crippen molar-refractivity contribution in [2.45, 2.75) is 41.2 Å². The molecule has 0 spiro atoms. The summed E-state index contributed by atoms with van der Waals surface area (Å²) >= 11 is 0. The summed E-state index contributed by atoms with van der Waals surface area (Å²) < 4.78 is 2.07. The van der Waals surface area contributed by atoms with Crippen LogP contribution in [0, 0.1) is 0 Å². The molecule has 0 aliphatic rings. The lowest BCUT2D eigenvalue weighted by Gasteiger charge is -2.03. The number of nitrogens with two attached hydrogens (primary N) is 1. The zero-order valence-electron chi connectivity index (χ0n) is 14.6. The average Bonchev–Trinajstić information content (AvgIpc) is 2.93. The molecular formula is C19H26N2O2. The van der Waals surface area contributed by atoms with Gasteiger partial charge >= 0.3 is 0 Å². The number of hydrogen-bond donors (Lipinski definition) is 2. The van der Waals surface area contributed by atoms with E-state index in [1.165, 1.54) is 0 Å². The number of carbonyl (C=O) groups is 1. The van der Waals surface area contributed by atoms with Crippen molar-refractivity contribution in [1.82, 2.24) is 4.57 Å². The number of amides is 1. The van der Waals surface area contributed by atoms with Gasteiger partial charge < -0.3 is 15.4 Å². The molecule has 3 rings (SSSR count). The summed E-state index contributed by atoms with van der Waals surface area (Å²) in [5.74, 6) is -0.313. The number of hydrogen-bond acceptors (Lipinski definition) is 2. The van der Waals surface area contributed by atoms with Crippen LogP contribution in [0.1, 0.15) is 45.0 Å². The molecule has 3 aromatic rings. The molecule has 0 saturated heterocycles. The van der Waals surface area contributed by atoms with Crippen LogP contribution in [0.25, 0.3) is 21.8 Å². The van der Waals surface area contributed by atoms with E-state index < -0.39 is 5.91 Å². The van der Waals surface area contributed by atoms with Crippen LogP contribution in [0.5, 0.6) is 5.75 Å². The molecule has 0 fully saturated rings. The van der Waals surface area contributed by atoms with Crippen molar-refractivity contribution in [2.75, 3.05) is 0 Å². The van der Waals surface area contributed by atoms with E-state index in [-0.39, 0.29) is 5.75 Å². The van der Waals surface area contributed by atoms with Crippen molar-refractivity contribution >= 4 is 27.7 Å². The first-order chi connectivity index (χ1) is 11.1. The Bertz CT molecular complexity index is 804. The molecule has 1 aromatic heterocycles. The smallest absolute Gasteiger partial charge is 0.249 e. The second kappa shape index (κ2) is 8.22. The molecule has 0 aliphatic heterocycles. The first-order valence-electron chi connectivity index (χ1n) is 8.17. The van der Waals surface area contributed by atoms with E-state index in [0.29, 0.717) is 10.9 Å². The predicted molar refractivity (Wildman–Crippen MR) is 98.0 cm³/mol. The largest absolute Gasteiger partial charge is 0.507 e. The quantitative estimate of drug-likeness (QED) is 0.721. The zero-order chi connectivity index (χ0) is 17.6. The molecule has 1 heterocycles. The Hall–Kier alpha value is -2.49. The van der Waals surface area contributed by atoms with Crippen molar-refractivity contribution < 1.29 is 9.90 Å². The molecule has 0 aliphatic carbocycles. The minimum absolute atomic E-state index is 0.170. The minimum Gasteiger partial charge on any atom is -0.507 e. The number of fused-ring (bicyclic) bond motifs is 3. The molecular weight excluding hydrogens is 288 g/mol. The predicted octanol–water partition coefficient (Wildman–Crippen LogP) is 4.67. The molecule has 23 heavy (non-hydrogen) atoms. The van der Waals surface area contributed by atoms with Crippen molar-refractivity contribution in [2.24, 2.45) is 5.73 Å². The van der Waals surface area contributed by atoms with Gasteiger partial charge in [0, 0.05) is 17.5 Å². The highest BCUT2D eigenvalue weighted by Gasteiger charge is 2.17. The number of phenolic OH excluding ortho intramolecular Hbond substituents is 1. The van der Waals surface area contributed by atoms with Gasteiger partial charge in [0.2, 0.25) is 5.91 Å². The minimum atomic E-state index is -0.482. The summed E-state index contributed by atoms with van der Waals surface area (Å²) in [6.45, 7) is 10.8. The number of benzene rings is 2. The summed E-state index contributed by atoms with van der Waals surface area (Å²) in [4.78, 5) is 11.6. The van der Waals surface area contributed by atoms with Crippen molar-refractivity contribution in [3.05, 3.63) is 42.0 Å². The Morgan fingerprint density at radius 2 is 1.52 bits per heavy atom. The fraction of sp³-hybridized carbons (Fsp3) is 0.316. The Labute approximate surface area is 137 Å². The number of carbonyl (C=O) groups excluding carboxylic acids is 1. The van der Waals surface area contributed by atoms with Crippen LogP contribution in [-0.2, 0) is 6.54 Å². The fourth-order valence-electron chi connectivity index (χ4n) is 2.71. The van der Waals surface area contributed by atoms with Crippen LogP contribution in [0.15, 0.2) is 36.4 Å². The molecule has 0 unspecified atom stereocenters. The third kappa shape index (κ3) is 3.16. The van der Waals surface area contributed by atoms with E-state index in [0.717, 1.165) is 23.0 Å². The number of phenols is 1. The second-order valence-corrected chi connectivity index (χ2v) is 4.48. The number of rotatable bonds is 2. The average molecular weight is 314 g/mol. The summed E-state index contributed by atoms with van der Waals surface area (Å²) in [7, 11) is 0. The Morgan fingerprint density at radius 3 is 2.04 bits per heavy atom. The number of aromatic hydroxyl groups is 1. The van der Waals surface area contributed by atoms with Crippen LogP contribution in [-0.4, -0.2) is 15.6 Å². The number of aromatic nitrogens is 1. The molecule has 1 amide bonds. The standard InChI is InChI=1S/C15H14N2O2.2C2H6/c1-2-17-10-6-3-5-9(15(16)19)13(10)14-11(17)7-4-8-12(14)18;2*1-2/h3-8,18H,2H2,1H3,(H2,16,19);2*1-2H3. The van der Waals surface area contributed by atoms with Gasteiger partial charge in [-0.3, -0.25) is 4.79 Å². The first-order valence-corrected chi connectivity index (χ1v) is 8.17. The van der Waals surface area contributed by atoms with E-state index in [9.17, 15) is 9.90 Å². The zero-order valence-corrected chi connectivity index (χ0v) is 14.6. The summed E-state index contributed by atoms with van der Waals surface area (Å²) in [6, 6.07) is 10.8. The number of primary amides is 1. The lowest BCUT2D eigenvalue weighted by molar-refractivity contribution is 0.100. The van der Waals surface area contributed by atoms with Gasteiger partial charge in [-0.2, -0.15) is 0 Å². The van der Waals surface area contributed by atoms with E-state index in [1.807, 2.05) is 52.8 Å². The van der Waals surface area contributed by atoms with Gasteiger partial charge in [0.05, 0.1) is 16.4 Å². The Balaban J connectivity index is 0.000000615. The maximum absolute atomic E-state index is 11.6. The van der Waals surface area contributed by atoms with E-state index in [1.54, 1.807) is 18.2 Å². The van der Waals surface area contributed by atoms with Gasteiger partial charge in [-0.25, -0.2) is 0 Å². The summed E-state index contributed by atoms with van der Waals surface area (Å²) in [5, 5.41) is 11.5. The monoisotopic (exact) mass is 314 g/mol. The van der Waals surface area contributed by atoms with Gasteiger partial charge in [-0.15, -0.1) is 0 Å². The van der Waals surface area contributed by atoms with Gasteiger partial charge in [-0.05, 0) is 31.2 Å². The highest BCUT2D eigenvalue weighted by Crippen LogP contribution is 2.36. The van der Waals surface area contributed by atoms with E-state index >= 15 is 0 Å². The van der Waals surface area contributed by atoms with Gasteiger partial charge in [0.25, 0.3) is 0 Å². The Kier molecular flexibility index (Phi) is 6.64. The highest BCUT2D eigenvalue weighted by molar-refractivity contribution is 6.19. The van der Waals surface area contributed by atoms with E-state index in [2.05, 4.69) is 4.57 Å². The van der Waals surface area contributed by atoms with E-state index in [4.69, 9.17) is 5.73 Å². The van der Waals surface area contributed by atoms with Crippen LogP contribution in [0.3, 0.4) is 0 Å². The van der Waals surface area contributed by atoms with Crippen molar-refractivity contribution in [3.63, 3.8) is 0 Å². The fourth-order valence-corrected chi connectivity index (χ4v) is 2.71. The number of aryl methyl sites for hydroxylation is 1. The molecule has 2 aromatic carbocycles. The molecule has 0 bridgehead atoms. The molecule has 4 nitrogen and oxygen atoms in total. The topological polar surface area (TPSA) is 68.2 Å². The SMILES string of the molecule is CC.CC.CCn1c2cccc(O)c2c2c(C(N)=O)cccc21. The van der Waals surface area contributed by atoms with Crippen molar-refractivity contribution in [3.8, 4) is 5.75 Å². The summed E-state index contributed by atoms with van der Waals surface area (Å²) in [6.07, 6.45) is 0. The molecule has 0 radical (unpaired) electrons. The highest BCUT2D eigenvalue weighted by atomic mass is 16.3. The van der Waals surface area contributed by atoms with Gasteiger partial charge in [0.1, 0.15) is 5.75 Å². The number of nitrogens with zero attached hydrogens (tertiary/aromatic N) is 1. The lowest BCUT2D eigenvalue weighted by Crippen LogP contribution is -2.11. The molecule has 4 heteroatoms. The third-order valence-electron chi connectivity index (χ3n) is 3.48. The molecule has 3 N–H and O–H groups in total. The van der Waals surface area contributed by atoms with Crippen LogP contribution in [0.4, 0.5) is 0 Å². The maximum atomic E-state index is 11.6. The third-order valence-corrected chi connectivity index (χ3v) is 3.48. The molecule has 124 valence electrons. The van der Waals surface area contributed by atoms with Gasteiger partial charge in [0.15, 0.2) is 0 Å². The van der Waals surface area contributed by atoms with Crippen LogP contribution < -0.4 is 5.73 Å². The summed E-state index contributed by atoms with van der Waals surface area (Å²) in [5.41, 5.74) is 7.70. The van der Waals surface area contributed by atoms with Gasteiger partial charge in [-0.1, -0.05) is 39.8 Å². The van der Waals surface area contributed by atoms with Crippen LogP contribution in [0.2, 0.25) is 0 Å². The normalized spacial score (nSPS) is 9.78. The lowest BCUT2D eigenvalue weighted by atomic mass is 10.1. The molecule has 0 atom stereocenters.